The van der Waals surface area contributed by atoms with Crippen LogP contribution in [0.15, 0.2) is 55.0 Å². The van der Waals surface area contributed by atoms with Crippen LogP contribution in [0.2, 0.25) is 5.02 Å². The van der Waals surface area contributed by atoms with Crippen molar-refractivity contribution in [3.05, 3.63) is 71.1 Å². The number of halogens is 1. The Morgan fingerprint density at radius 3 is 2.81 bits per heavy atom. The zero-order valence-corrected chi connectivity index (χ0v) is 12.5. The summed E-state index contributed by atoms with van der Waals surface area (Å²) in [7, 11) is 1.97. The highest BCUT2D eigenvalue weighted by Gasteiger charge is 2.15. The Morgan fingerprint density at radius 2 is 2.00 bits per heavy atom. The Bertz CT molecular complexity index is 752. The molecule has 0 spiro atoms. The third-order valence-electron chi connectivity index (χ3n) is 3.69. The first kappa shape index (κ1) is 14.0. The van der Waals surface area contributed by atoms with Gasteiger partial charge in [-0.05, 0) is 42.8 Å². The van der Waals surface area contributed by atoms with Gasteiger partial charge in [-0.2, -0.15) is 0 Å². The summed E-state index contributed by atoms with van der Waals surface area (Å²) < 4.78 is 0. The summed E-state index contributed by atoms with van der Waals surface area (Å²) in [6.07, 6.45) is 6.13. The molecule has 1 unspecified atom stereocenters. The first-order valence-electron chi connectivity index (χ1n) is 6.89. The molecule has 0 aliphatic heterocycles. The van der Waals surface area contributed by atoms with Gasteiger partial charge in [-0.3, -0.25) is 9.97 Å². The van der Waals surface area contributed by atoms with Gasteiger partial charge in [-0.25, -0.2) is 0 Å². The first-order chi connectivity index (χ1) is 10.3. The number of hydrogen-bond donors (Lipinski definition) is 1. The summed E-state index contributed by atoms with van der Waals surface area (Å²) in [4.78, 5) is 8.46. The molecule has 0 bridgehead atoms. The van der Waals surface area contributed by atoms with Crippen molar-refractivity contribution < 1.29 is 0 Å². The molecule has 1 N–H and O–H groups in total. The highest BCUT2D eigenvalue weighted by Crippen LogP contribution is 2.27. The molecular weight excluding hydrogens is 282 g/mol. The smallest absolute Gasteiger partial charge is 0.0705 e. The van der Waals surface area contributed by atoms with Crippen molar-refractivity contribution in [2.45, 2.75) is 12.5 Å². The van der Waals surface area contributed by atoms with Crippen molar-refractivity contribution >= 4 is 22.5 Å². The van der Waals surface area contributed by atoms with E-state index in [1.165, 1.54) is 10.9 Å². The van der Waals surface area contributed by atoms with Crippen molar-refractivity contribution in [1.82, 2.24) is 15.3 Å². The third-order valence-corrected chi connectivity index (χ3v) is 4.03. The molecule has 106 valence electrons. The molecule has 1 atom stereocenters. The maximum Gasteiger partial charge on any atom is 0.0705 e. The van der Waals surface area contributed by atoms with E-state index < -0.39 is 0 Å². The van der Waals surface area contributed by atoms with E-state index >= 15 is 0 Å². The minimum Gasteiger partial charge on any atom is -0.313 e. The fourth-order valence-corrected chi connectivity index (χ4v) is 2.78. The molecule has 3 rings (SSSR count). The summed E-state index contributed by atoms with van der Waals surface area (Å²) in [6.45, 7) is 0. The Labute approximate surface area is 129 Å². The number of benzene rings is 1. The van der Waals surface area contributed by atoms with Crippen LogP contribution in [0, 0.1) is 0 Å². The van der Waals surface area contributed by atoms with Gasteiger partial charge >= 0.3 is 0 Å². The highest BCUT2D eigenvalue weighted by molar-refractivity contribution is 6.31. The largest absolute Gasteiger partial charge is 0.313 e. The topological polar surface area (TPSA) is 37.8 Å². The van der Waals surface area contributed by atoms with Crippen LogP contribution < -0.4 is 5.32 Å². The minimum atomic E-state index is 0.179. The van der Waals surface area contributed by atoms with Gasteiger partial charge in [0.2, 0.25) is 0 Å². The molecule has 0 saturated heterocycles. The van der Waals surface area contributed by atoms with Gasteiger partial charge < -0.3 is 5.32 Å². The van der Waals surface area contributed by atoms with Gasteiger partial charge in [-0.1, -0.05) is 29.8 Å². The lowest BCUT2D eigenvalue weighted by Crippen LogP contribution is -2.19. The molecule has 3 aromatic rings. The summed E-state index contributed by atoms with van der Waals surface area (Å²) >= 11 is 6.23. The van der Waals surface area contributed by atoms with E-state index in [9.17, 15) is 0 Å². The fourth-order valence-electron chi connectivity index (χ4n) is 2.58. The average Bonchev–Trinajstić information content (AvgIpc) is 2.54. The molecule has 0 aliphatic carbocycles. The lowest BCUT2D eigenvalue weighted by Gasteiger charge is -2.19. The van der Waals surface area contributed by atoms with Gasteiger partial charge in [0, 0.05) is 30.0 Å². The Morgan fingerprint density at radius 1 is 1.14 bits per heavy atom. The van der Waals surface area contributed by atoms with Gasteiger partial charge in [0.15, 0.2) is 0 Å². The highest BCUT2D eigenvalue weighted by atomic mass is 35.5. The molecule has 0 fully saturated rings. The standard InChI is InChI=1S/C17H16ClN3/c1-19-17(10-12-6-8-20-11-15(12)18)14-7-9-21-16-5-3-2-4-13(14)16/h2-9,11,17,19H,10H2,1H3. The number of pyridine rings is 2. The second kappa shape index (κ2) is 6.20. The van der Waals surface area contributed by atoms with E-state index in [1.807, 2.05) is 37.5 Å². The second-order valence-corrected chi connectivity index (χ2v) is 5.34. The number of likely N-dealkylation sites (N-methyl/N-ethyl adjacent to an activating group) is 1. The van der Waals surface area contributed by atoms with Crippen molar-refractivity contribution in [2.75, 3.05) is 7.05 Å². The van der Waals surface area contributed by atoms with Gasteiger partial charge in [-0.15, -0.1) is 0 Å². The van der Waals surface area contributed by atoms with Crippen LogP contribution in [-0.4, -0.2) is 17.0 Å². The van der Waals surface area contributed by atoms with E-state index in [2.05, 4.69) is 27.4 Å². The van der Waals surface area contributed by atoms with Crippen molar-refractivity contribution in [1.29, 1.82) is 0 Å². The van der Waals surface area contributed by atoms with E-state index in [0.29, 0.717) is 5.02 Å². The van der Waals surface area contributed by atoms with Crippen molar-refractivity contribution in [2.24, 2.45) is 0 Å². The number of nitrogens with one attached hydrogen (secondary N) is 1. The molecule has 1 aromatic carbocycles. The van der Waals surface area contributed by atoms with E-state index in [4.69, 9.17) is 11.6 Å². The van der Waals surface area contributed by atoms with Gasteiger partial charge in [0.25, 0.3) is 0 Å². The first-order valence-corrected chi connectivity index (χ1v) is 7.26. The molecule has 0 amide bonds. The maximum atomic E-state index is 6.23. The summed E-state index contributed by atoms with van der Waals surface area (Å²) in [5.41, 5.74) is 3.33. The van der Waals surface area contributed by atoms with Crippen LogP contribution in [-0.2, 0) is 6.42 Å². The molecule has 2 heterocycles. The maximum absolute atomic E-state index is 6.23. The quantitative estimate of drug-likeness (QED) is 0.796. The van der Waals surface area contributed by atoms with Crippen LogP contribution in [0.4, 0.5) is 0 Å². The number of fused-ring (bicyclic) bond motifs is 1. The summed E-state index contributed by atoms with van der Waals surface area (Å²) in [6, 6.07) is 12.4. The summed E-state index contributed by atoms with van der Waals surface area (Å²) in [5.74, 6) is 0. The zero-order chi connectivity index (χ0) is 14.7. The van der Waals surface area contributed by atoms with E-state index in [1.54, 1.807) is 12.4 Å². The molecular formula is C17H16ClN3. The molecule has 2 aromatic heterocycles. The molecule has 4 heteroatoms. The third kappa shape index (κ3) is 2.89. The summed E-state index contributed by atoms with van der Waals surface area (Å²) in [5, 5.41) is 5.25. The van der Waals surface area contributed by atoms with Crippen molar-refractivity contribution in [3.63, 3.8) is 0 Å². The normalized spacial score (nSPS) is 12.5. The van der Waals surface area contributed by atoms with Crippen LogP contribution in [0.5, 0.6) is 0 Å². The van der Waals surface area contributed by atoms with Crippen LogP contribution >= 0.6 is 11.6 Å². The number of aromatic nitrogens is 2. The van der Waals surface area contributed by atoms with Crippen LogP contribution in [0.25, 0.3) is 10.9 Å². The Kier molecular flexibility index (Phi) is 4.13. The molecule has 21 heavy (non-hydrogen) atoms. The molecule has 0 radical (unpaired) electrons. The van der Waals surface area contributed by atoms with E-state index in [0.717, 1.165) is 17.5 Å². The molecule has 0 saturated carbocycles. The van der Waals surface area contributed by atoms with Crippen LogP contribution in [0.1, 0.15) is 17.2 Å². The second-order valence-electron chi connectivity index (χ2n) is 4.93. The SMILES string of the molecule is CNC(Cc1ccncc1Cl)c1ccnc2ccccc12. The predicted octanol–water partition coefficient (Wildman–Crippen LogP) is 3.79. The number of rotatable bonds is 4. The van der Waals surface area contributed by atoms with Gasteiger partial charge in [0.1, 0.15) is 0 Å². The van der Waals surface area contributed by atoms with E-state index in [-0.39, 0.29) is 6.04 Å². The fraction of sp³-hybridized carbons (Fsp3) is 0.176. The predicted molar refractivity (Wildman–Crippen MR) is 86.5 cm³/mol. The average molecular weight is 298 g/mol. The Balaban J connectivity index is 2.01. The van der Waals surface area contributed by atoms with Gasteiger partial charge in [0.05, 0.1) is 10.5 Å². The zero-order valence-electron chi connectivity index (χ0n) is 11.8. The monoisotopic (exact) mass is 297 g/mol. The lowest BCUT2D eigenvalue weighted by molar-refractivity contribution is 0.595. The molecule has 0 aliphatic rings. The van der Waals surface area contributed by atoms with Crippen LogP contribution in [0.3, 0.4) is 0 Å². The molecule has 3 nitrogen and oxygen atoms in total. The minimum absolute atomic E-state index is 0.179. The Hall–Kier alpha value is -1.97. The number of para-hydroxylation sites is 1. The lowest BCUT2D eigenvalue weighted by atomic mass is 9.96. The number of nitrogens with zero attached hydrogens (tertiary/aromatic N) is 2. The number of hydrogen-bond acceptors (Lipinski definition) is 3. The van der Waals surface area contributed by atoms with Crippen molar-refractivity contribution in [3.8, 4) is 0 Å².